The summed E-state index contributed by atoms with van der Waals surface area (Å²) < 4.78 is 16.8. The topological polar surface area (TPSA) is 78.9 Å². The molecule has 0 amide bonds. The van der Waals surface area contributed by atoms with Gasteiger partial charge < -0.3 is 14.2 Å². The largest absolute Gasteiger partial charge is 0.462 e. The van der Waals surface area contributed by atoms with Crippen molar-refractivity contribution in [2.24, 2.45) is 11.8 Å². The summed E-state index contributed by atoms with van der Waals surface area (Å²) in [4.78, 5) is 37.8. The van der Waals surface area contributed by atoms with E-state index in [0.29, 0.717) is 19.3 Å². The zero-order valence-corrected chi connectivity index (χ0v) is 39.0. The number of hydrogen-bond acceptors (Lipinski definition) is 6. The molecule has 0 N–H and O–H groups in total. The van der Waals surface area contributed by atoms with Crippen LogP contribution in [0, 0.1) is 11.8 Å². The lowest BCUT2D eigenvalue weighted by atomic mass is 10.00. The molecule has 0 saturated carbocycles. The van der Waals surface area contributed by atoms with Crippen molar-refractivity contribution in [1.29, 1.82) is 0 Å². The number of unbranched alkanes of at least 4 members (excludes halogenated alkanes) is 29. The maximum Gasteiger partial charge on any atom is 0.306 e. The van der Waals surface area contributed by atoms with Crippen molar-refractivity contribution >= 4 is 17.9 Å². The Morgan fingerprint density at radius 3 is 1.00 bits per heavy atom. The summed E-state index contributed by atoms with van der Waals surface area (Å²) in [6.45, 7) is 11.3. The molecule has 57 heavy (non-hydrogen) atoms. The second kappa shape index (κ2) is 44.0. The first kappa shape index (κ1) is 55.4. The van der Waals surface area contributed by atoms with Gasteiger partial charge >= 0.3 is 17.9 Å². The molecule has 0 spiro atoms. The molecule has 1 unspecified atom stereocenters. The molecule has 6 nitrogen and oxygen atoms in total. The molecule has 0 aliphatic carbocycles. The molecule has 0 saturated heterocycles. The van der Waals surface area contributed by atoms with Crippen LogP contribution in [0.5, 0.6) is 0 Å². The van der Waals surface area contributed by atoms with Gasteiger partial charge in [0.25, 0.3) is 0 Å². The average Bonchev–Trinajstić information content (AvgIpc) is 3.19. The minimum Gasteiger partial charge on any atom is -0.462 e. The number of carbonyl (C=O) groups is 3. The molecule has 0 bridgehead atoms. The van der Waals surface area contributed by atoms with Gasteiger partial charge in [-0.15, -0.1) is 0 Å². The Morgan fingerprint density at radius 2 is 0.667 bits per heavy atom. The third-order valence-corrected chi connectivity index (χ3v) is 11.8. The van der Waals surface area contributed by atoms with E-state index in [1.807, 2.05) is 0 Å². The predicted octanol–water partition coefficient (Wildman–Crippen LogP) is 16.1. The molecule has 0 heterocycles. The van der Waals surface area contributed by atoms with Gasteiger partial charge in [0.15, 0.2) is 6.10 Å². The Labute approximate surface area is 355 Å². The maximum absolute atomic E-state index is 12.7. The van der Waals surface area contributed by atoms with Crippen LogP contribution >= 0.6 is 0 Å². The van der Waals surface area contributed by atoms with Crippen molar-refractivity contribution in [3.05, 3.63) is 0 Å². The lowest BCUT2D eigenvalue weighted by molar-refractivity contribution is -0.167. The van der Waals surface area contributed by atoms with Crippen LogP contribution in [-0.4, -0.2) is 37.2 Å². The first-order valence-corrected chi connectivity index (χ1v) is 25.3. The summed E-state index contributed by atoms with van der Waals surface area (Å²) >= 11 is 0. The SMILES string of the molecule is CCCCCCCCCCCCCC(=O)O[C@H](COC(=O)CCCCCCCCCCCCCCCCCC(C)C)COC(=O)CCCCCCCCC(C)CC. The third-order valence-electron chi connectivity index (χ3n) is 11.8. The summed E-state index contributed by atoms with van der Waals surface area (Å²) in [5, 5.41) is 0. The zero-order chi connectivity index (χ0) is 41.9. The molecule has 0 fully saturated rings. The van der Waals surface area contributed by atoms with Crippen LogP contribution in [-0.2, 0) is 28.6 Å². The van der Waals surface area contributed by atoms with Gasteiger partial charge in [0.1, 0.15) is 13.2 Å². The van der Waals surface area contributed by atoms with E-state index < -0.39 is 6.10 Å². The third kappa shape index (κ3) is 43.8. The lowest BCUT2D eigenvalue weighted by Gasteiger charge is -2.18. The molecule has 0 aromatic carbocycles. The van der Waals surface area contributed by atoms with Crippen molar-refractivity contribution in [3.63, 3.8) is 0 Å². The van der Waals surface area contributed by atoms with E-state index in [9.17, 15) is 14.4 Å². The van der Waals surface area contributed by atoms with Crippen molar-refractivity contribution in [2.45, 2.75) is 285 Å². The standard InChI is InChI=1S/C51H98O6/c1-6-8-9-10-11-12-18-23-26-33-38-43-51(54)57-48(45-56-50(53)42-37-32-28-27-30-35-40-47(5)7-2)44-55-49(52)41-36-31-25-22-20-17-15-13-14-16-19-21-24-29-34-39-46(3)4/h46-48H,6-45H2,1-5H3/t47?,48-/m1/s1. The van der Waals surface area contributed by atoms with E-state index in [2.05, 4.69) is 34.6 Å². The van der Waals surface area contributed by atoms with Gasteiger partial charge in [-0.3, -0.25) is 14.4 Å². The summed E-state index contributed by atoms with van der Waals surface area (Å²) in [6.07, 6.45) is 43.8. The van der Waals surface area contributed by atoms with E-state index in [1.54, 1.807) is 0 Å². The highest BCUT2D eigenvalue weighted by Crippen LogP contribution is 2.17. The van der Waals surface area contributed by atoms with Crippen LogP contribution in [0.1, 0.15) is 279 Å². The first-order chi connectivity index (χ1) is 27.8. The van der Waals surface area contributed by atoms with Crippen molar-refractivity contribution in [1.82, 2.24) is 0 Å². The highest BCUT2D eigenvalue weighted by molar-refractivity contribution is 5.71. The Bertz CT molecular complexity index is 872. The minimum atomic E-state index is -0.761. The summed E-state index contributed by atoms with van der Waals surface area (Å²) in [7, 11) is 0. The van der Waals surface area contributed by atoms with Gasteiger partial charge in [-0.2, -0.15) is 0 Å². The van der Waals surface area contributed by atoms with Gasteiger partial charge in [-0.05, 0) is 31.1 Å². The minimum absolute atomic E-state index is 0.0644. The Hall–Kier alpha value is -1.59. The normalized spacial score (nSPS) is 12.5. The monoisotopic (exact) mass is 807 g/mol. The fraction of sp³-hybridized carbons (Fsp3) is 0.941. The van der Waals surface area contributed by atoms with E-state index in [4.69, 9.17) is 14.2 Å². The van der Waals surface area contributed by atoms with Gasteiger partial charge in [0.2, 0.25) is 0 Å². The molecule has 0 aliphatic heterocycles. The number of ether oxygens (including phenoxy) is 3. The number of rotatable bonds is 45. The maximum atomic E-state index is 12.7. The Balaban J connectivity index is 4.25. The Morgan fingerprint density at radius 1 is 0.368 bits per heavy atom. The summed E-state index contributed by atoms with van der Waals surface area (Å²) in [5.41, 5.74) is 0. The first-order valence-electron chi connectivity index (χ1n) is 25.3. The van der Waals surface area contributed by atoms with Crippen molar-refractivity contribution in [3.8, 4) is 0 Å². The second-order valence-corrected chi connectivity index (χ2v) is 18.2. The molecular formula is C51H98O6. The van der Waals surface area contributed by atoms with Gasteiger partial charge in [0, 0.05) is 19.3 Å². The smallest absolute Gasteiger partial charge is 0.306 e. The molecule has 338 valence electrons. The highest BCUT2D eigenvalue weighted by atomic mass is 16.6. The van der Waals surface area contributed by atoms with E-state index >= 15 is 0 Å². The molecule has 0 radical (unpaired) electrons. The fourth-order valence-corrected chi connectivity index (χ4v) is 7.60. The Kier molecular flexibility index (Phi) is 42.7. The molecule has 6 heteroatoms. The number of carbonyl (C=O) groups excluding carboxylic acids is 3. The quantitative estimate of drug-likeness (QED) is 0.0346. The van der Waals surface area contributed by atoms with E-state index in [1.165, 1.54) is 167 Å². The van der Waals surface area contributed by atoms with Crippen LogP contribution in [0.2, 0.25) is 0 Å². The van der Waals surface area contributed by atoms with Crippen LogP contribution in [0.25, 0.3) is 0 Å². The number of hydrogen-bond donors (Lipinski definition) is 0. The molecular weight excluding hydrogens is 709 g/mol. The second-order valence-electron chi connectivity index (χ2n) is 18.2. The number of esters is 3. The van der Waals surface area contributed by atoms with Gasteiger partial charge in [-0.25, -0.2) is 0 Å². The van der Waals surface area contributed by atoms with Gasteiger partial charge in [-0.1, -0.05) is 240 Å². The zero-order valence-electron chi connectivity index (χ0n) is 39.0. The van der Waals surface area contributed by atoms with Crippen LogP contribution in [0.3, 0.4) is 0 Å². The van der Waals surface area contributed by atoms with Crippen molar-refractivity contribution < 1.29 is 28.6 Å². The van der Waals surface area contributed by atoms with Crippen LogP contribution < -0.4 is 0 Å². The lowest BCUT2D eigenvalue weighted by Crippen LogP contribution is -2.30. The highest BCUT2D eigenvalue weighted by Gasteiger charge is 2.19. The summed E-state index contributed by atoms with van der Waals surface area (Å²) in [6, 6.07) is 0. The van der Waals surface area contributed by atoms with E-state index in [0.717, 1.165) is 69.6 Å². The average molecular weight is 807 g/mol. The van der Waals surface area contributed by atoms with Crippen LogP contribution in [0.15, 0.2) is 0 Å². The molecule has 0 aromatic heterocycles. The summed E-state index contributed by atoms with van der Waals surface area (Å²) in [5.74, 6) is 0.810. The molecule has 0 aromatic rings. The molecule has 0 aliphatic rings. The van der Waals surface area contributed by atoms with Crippen molar-refractivity contribution in [2.75, 3.05) is 13.2 Å². The van der Waals surface area contributed by atoms with Gasteiger partial charge in [0.05, 0.1) is 0 Å². The van der Waals surface area contributed by atoms with Crippen LogP contribution in [0.4, 0.5) is 0 Å². The predicted molar refractivity (Wildman–Crippen MR) is 243 cm³/mol. The van der Waals surface area contributed by atoms with E-state index in [-0.39, 0.29) is 31.1 Å². The molecule has 2 atom stereocenters. The fourth-order valence-electron chi connectivity index (χ4n) is 7.60. The molecule has 0 rings (SSSR count).